The van der Waals surface area contributed by atoms with Gasteiger partial charge in [-0.15, -0.1) is 0 Å². The molecule has 5 rings (SSSR count). The molecule has 1 fully saturated rings. The van der Waals surface area contributed by atoms with Crippen LogP contribution in [0.5, 0.6) is 0 Å². The molecule has 1 aliphatic heterocycles. The number of rotatable bonds is 7. The number of fused-ring (bicyclic) bond motifs is 1. The molecule has 0 saturated carbocycles. The number of piperazine rings is 1. The molecule has 3 atom stereocenters. The van der Waals surface area contributed by atoms with Crippen LogP contribution in [0.2, 0.25) is 0 Å². The van der Waals surface area contributed by atoms with Gasteiger partial charge in [-0.2, -0.15) is 0 Å². The fourth-order valence-electron chi connectivity index (χ4n) is 5.16. The van der Waals surface area contributed by atoms with Gasteiger partial charge in [-0.05, 0) is 46.7 Å². The number of nitrogens with one attached hydrogen (secondary N) is 1. The Labute approximate surface area is 207 Å². The lowest BCUT2D eigenvalue weighted by atomic mass is 9.95. The van der Waals surface area contributed by atoms with E-state index >= 15 is 0 Å². The minimum absolute atomic E-state index is 0.0409. The quantitative estimate of drug-likeness (QED) is 0.428. The first-order valence-corrected chi connectivity index (χ1v) is 12.5. The molecule has 4 nitrogen and oxygen atoms in total. The standard InChI is InChI=1S/C31H33N3O/c32-30(20-24-11-5-2-6-12-24)31(35)34-22-28(18-23-9-3-1-4-10-23)33-21-29(34)19-25-15-16-26-13-7-8-14-27(26)17-25/h1-17,28-30,33H,18-22,32H2/t28-,29+,30?/m0/s1. The summed E-state index contributed by atoms with van der Waals surface area (Å²) in [6, 6.07) is 35.3. The minimum Gasteiger partial charge on any atom is -0.335 e. The van der Waals surface area contributed by atoms with Gasteiger partial charge in [0.1, 0.15) is 0 Å². The summed E-state index contributed by atoms with van der Waals surface area (Å²) < 4.78 is 0. The molecule has 0 radical (unpaired) electrons. The van der Waals surface area contributed by atoms with Gasteiger partial charge in [0.05, 0.1) is 6.04 Å². The van der Waals surface area contributed by atoms with Gasteiger partial charge in [0, 0.05) is 25.2 Å². The van der Waals surface area contributed by atoms with E-state index in [1.165, 1.54) is 21.9 Å². The van der Waals surface area contributed by atoms with E-state index in [2.05, 4.69) is 72.0 Å². The Kier molecular flexibility index (Phi) is 7.22. The highest BCUT2D eigenvalue weighted by molar-refractivity contribution is 5.84. The van der Waals surface area contributed by atoms with Crippen molar-refractivity contribution in [3.05, 3.63) is 120 Å². The largest absolute Gasteiger partial charge is 0.335 e. The molecule has 35 heavy (non-hydrogen) atoms. The zero-order chi connectivity index (χ0) is 24.0. The third kappa shape index (κ3) is 5.79. The number of carbonyl (C=O) groups is 1. The van der Waals surface area contributed by atoms with Gasteiger partial charge < -0.3 is 16.0 Å². The van der Waals surface area contributed by atoms with Crippen LogP contribution >= 0.6 is 0 Å². The Morgan fingerprint density at radius 2 is 1.46 bits per heavy atom. The number of nitrogens with two attached hydrogens (primary N) is 1. The number of carbonyl (C=O) groups excluding carboxylic acids is 1. The van der Waals surface area contributed by atoms with Crippen molar-refractivity contribution < 1.29 is 4.79 Å². The van der Waals surface area contributed by atoms with Gasteiger partial charge in [-0.3, -0.25) is 4.79 Å². The van der Waals surface area contributed by atoms with E-state index in [-0.39, 0.29) is 18.0 Å². The molecular formula is C31H33N3O. The predicted octanol–water partition coefficient (Wildman–Crippen LogP) is 4.36. The van der Waals surface area contributed by atoms with Gasteiger partial charge in [-0.25, -0.2) is 0 Å². The zero-order valence-corrected chi connectivity index (χ0v) is 20.0. The summed E-state index contributed by atoms with van der Waals surface area (Å²) in [5.74, 6) is 0.0409. The summed E-state index contributed by atoms with van der Waals surface area (Å²) in [4.78, 5) is 15.7. The van der Waals surface area contributed by atoms with Crippen molar-refractivity contribution in [1.29, 1.82) is 0 Å². The third-order valence-corrected chi connectivity index (χ3v) is 7.01. The van der Waals surface area contributed by atoms with Gasteiger partial charge in [0.15, 0.2) is 0 Å². The molecule has 1 amide bonds. The van der Waals surface area contributed by atoms with Gasteiger partial charge >= 0.3 is 0 Å². The van der Waals surface area contributed by atoms with E-state index in [0.717, 1.165) is 24.9 Å². The molecule has 4 aromatic rings. The van der Waals surface area contributed by atoms with E-state index in [4.69, 9.17) is 5.73 Å². The smallest absolute Gasteiger partial charge is 0.240 e. The Morgan fingerprint density at radius 1 is 0.800 bits per heavy atom. The van der Waals surface area contributed by atoms with E-state index in [1.807, 2.05) is 41.3 Å². The van der Waals surface area contributed by atoms with Crippen LogP contribution in [0.3, 0.4) is 0 Å². The van der Waals surface area contributed by atoms with Gasteiger partial charge in [-0.1, -0.05) is 103 Å². The average molecular weight is 464 g/mol. The van der Waals surface area contributed by atoms with Crippen LogP contribution in [-0.4, -0.2) is 42.0 Å². The van der Waals surface area contributed by atoms with Crippen molar-refractivity contribution in [3.63, 3.8) is 0 Å². The summed E-state index contributed by atoms with van der Waals surface area (Å²) in [5.41, 5.74) is 10.1. The fourth-order valence-corrected chi connectivity index (χ4v) is 5.16. The number of hydrogen-bond donors (Lipinski definition) is 2. The SMILES string of the molecule is NC(Cc1ccccc1)C(=O)N1C[C@H](Cc2ccccc2)NC[C@H]1Cc1ccc2ccccc2c1. The topological polar surface area (TPSA) is 58.4 Å². The van der Waals surface area contributed by atoms with E-state index in [1.54, 1.807) is 0 Å². The second kappa shape index (κ2) is 10.9. The van der Waals surface area contributed by atoms with Crippen LogP contribution in [0, 0.1) is 0 Å². The number of amides is 1. The van der Waals surface area contributed by atoms with Crippen molar-refractivity contribution in [3.8, 4) is 0 Å². The van der Waals surface area contributed by atoms with Crippen molar-refractivity contribution in [2.45, 2.75) is 37.4 Å². The van der Waals surface area contributed by atoms with Crippen LogP contribution in [0.25, 0.3) is 10.8 Å². The van der Waals surface area contributed by atoms with E-state index < -0.39 is 6.04 Å². The normalized spacial score (nSPS) is 18.9. The number of hydrogen-bond acceptors (Lipinski definition) is 3. The molecule has 1 unspecified atom stereocenters. The Hall–Kier alpha value is -3.47. The molecule has 0 aliphatic carbocycles. The first-order valence-electron chi connectivity index (χ1n) is 12.5. The first kappa shape index (κ1) is 23.3. The summed E-state index contributed by atoms with van der Waals surface area (Å²) in [7, 11) is 0. The van der Waals surface area contributed by atoms with Crippen molar-refractivity contribution in [2.75, 3.05) is 13.1 Å². The van der Waals surface area contributed by atoms with E-state index in [0.29, 0.717) is 13.0 Å². The first-order chi connectivity index (χ1) is 17.2. The Balaban J connectivity index is 1.35. The highest BCUT2D eigenvalue weighted by atomic mass is 16.2. The highest BCUT2D eigenvalue weighted by Gasteiger charge is 2.33. The molecule has 1 saturated heterocycles. The number of nitrogens with zero attached hydrogens (tertiary/aromatic N) is 1. The fraction of sp³-hybridized carbons (Fsp3) is 0.258. The lowest BCUT2D eigenvalue weighted by Crippen LogP contribution is -2.62. The third-order valence-electron chi connectivity index (χ3n) is 7.01. The zero-order valence-electron chi connectivity index (χ0n) is 20.0. The van der Waals surface area contributed by atoms with Crippen LogP contribution in [0.4, 0.5) is 0 Å². The molecule has 0 spiro atoms. The molecule has 4 aromatic carbocycles. The summed E-state index contributed by atoms with van der Waals surface area (Å²) in [6.07, 6.45) is 2.25. The maximum Gasteiger partial charge on any atom is 0.240 e. The van der Waals surface area contributed by atoms with Crippen molar-refractivity contribution in [1.82, 2.24) is 10.2 Å². The monoisotopic (exact) mass is 463 g/mol. The van der Waals surface area contributed by atoms with Crippen molar-refractivity contribution in [2.24, 2.45) is 5.73 Å². The highest BCUT2D eigenvalue weighted by Crippen LogP contribution is 2.21. The van der Waals surface area contributed by atoms with Crippen molar-refractivity contribution >= 4 is 16.7 Å². The predicted molar refractivity (Wildman–Crippen MR) is 143 cm³/mol. The lowest BCUT2D eigenvalue weighted by molar-refractivity contribution is -0.136. The number of benzene rings is 4. The molecule has 4 heteroatoms. The summed E-state index contributed by atoms with van der Waals surface area (Å²) in [5, 5.41) is 6.18. The maximum absolute atomic E-state index is 13.7. The van der Waals surface area contributed by atoms with E-state index in [9.17, 15) is 4.79 Å². The van der Waals surface area contributed by atoms with Crippen LogP contribution in [0.1, 0.15) is 16.7 Å². The second-order valence-electron chi connectivity index (χ2n) is 9.62. The van der Waals surface area contributed by atoms with Crippen LogP contribution in [0.15, 0.2) is 103 Å². The van der Waals surface area contributed by atoms with Crippen LogP contribution in [-0.2, 0) is 24.1 Å². The van der Waals surface area contributed by atoms with Gasteiger partial charge in [0.2, 0.25) is 5.91 Å². The maximum atomic E-state index is 13.7. The van der Waals surface area contributed by atoms with Gasteiger partial charge in [0.25, 0.3) is 0 Å². The summed E-state index contributed by atoms with van der Waals surface area (Å²) >= 11 is 0. The molecule has 1 aliphatic rings. The lowest BCUT2D eigenvalue weighted by Gasteiger charge is -2.42. The molecule has 0 bridgehead atoms. The Morgan fingerprint density at radius 3 is 2.20 bits per heavy atom. The summed E-state index contributed by atoms with van der Waals surface area (Å²) in [6.45, 7) is 1.42. The average Bonchev–Trinajstić information content (AvgIpc) is 2.90. The molecule has 3 N–H and O–H groups in total. The molecule has 178 valence electrons. The minimum atomic E-state index is -0.549. The van der Waals surface area contributed by atoms with Crippen LogP contribution < -0.4 is 11.1 Å². The molecule has 1 heterocycles. The Bertz CT molecular complexity index is 1260. The molecular weight excluding hydrogens is 430 g/mol. The molecule has 0 aromatic heterocycles. The second-order valence-corrected chi connectivity index (χ2v) is 9.62.